The van der Waals surface area contributed by atoms with Crippen molar-refractivity contribution in [1.29, 1.82) is 0 Å². The van der Waals surface area contributed by atoms with Crippen molar-refractivity contribution in [2.75, 3.05) is 0 Å². The molecule has 0 aliphatic heterocycles. The molecule has 0 bridgehead atoms. The number of aromatic nitrogens is 4. The van der Waals surface area contributed by atoms with Gasteiger partial charge < -0.3 is 0 Å². The molecule has 0 aliphatic rings. The van der Waals surface area contributed by atoms with Crippen LogP contribution in [-0.4, -0.2) is 35.7 Å². The first-order valence-corrected chi connectivity index (χ1v) is 21.3. The van der Waals surface area contributed by atoms with Crippen molar-refractivity contribution in [3.8, 4) is 34.8 Å². The van der Waals surface area contributed by atoms with Crippen LogP contribution in [0.2, 0.25) is 39.3 Å². The molecule has 0 aliphatic carbocycles. The van der Waals surface area contributed by atoms with Crippen LogP contribution in [0.25, 0.3) is 11.4 Å². The van der Waals surface area contributed by atoms with Gasteiger partial charge in [0.2, 0.25) is 0 Å². The van der Waals surface area contributed by atoms with Crippen molar-refractivity contribution in [2.24, 2.45) is 0 Å². The topological polar surface area (TPSA) is 35.6 Å². The third kappa shape index (κ3) is 10.4. The van der Waals surface area contributed by atoms with Gasteiger partial charge in [0.25, 0.3) is 0 Å². The van der Waals surface area contributed by atoms with Crippen LogP contribution in [0.5, 0.6) is 0 Å². The molecular weight excluding hydrogens is 661 g/mol. The van der Waals surface area contributed by atoms with Crippen LogP contribution in [0, 0.1) is 66.3 Å². The van der Waals surface area contributed by atoms with Gasteiger partial charge in [0.15, 0.2) is 0 Å². The Bertz CT molecular complexity index is 1570. The number of hydrogen-bond acceptors (Lipinski definition) is 2. The summed E-state index contributed by atoms with van der Waals surface area (Å²) in [7, 11) is -2.51. The van der Waals surface area contributed by atoms with E-state index in [1.165, 1.54) is 24.3 Å². The summed E-state index contributed by atoms with van der Waals surface area (Å²) < 4.78 is 30.6. The Morgan fingerprint density at radius 2 is 1.07 bits per heavy atom. The second-order valence-electron chi connectivity index (χ2n) is 11.7. The minimum absolute atomic E-state index is 0.227. The van der Waals surface area contributed by atoms with Crippen LogP contribution in [0.4, 0.5) is 8.78 Å². The van der Waals surface area contributed by atoms with Gasteiger partial charge in [0.05, 0.1) is 43.3 Å². The fourth-order valence-electron chi connectivity index (χ4n) is 3.36. The Hall–Kier alpha value is -3.00. The van der Waals surface area contributed by atoms with E-state index in [4.69, 9.17) is 6.42 Å². The predicted octanol–water partition coefficient (Wildman–Crippen LogP) is 8.59. The minimum Gasteiger partial charge on any atom is -0.237 e. The smallest absolute Gasteiger partial charge is 0.129 e. The van der Waals surface area contributed by atoms with E-state index in [2.05, 4.69) is 89.1 Å². The zero-order valence-corrected chi connectivity index (χ0v) is 29.8. The maximum atomic E-state index is 13.0. The fourth-order valence-corrected chi connectivity index (χ4v) is 4.20. The van der Waals surface area contributed by atoms with Crippen LogP contribution in [0.15, 0.2) is 48.5 Å². The van der Waals surface area contributed by atoms with Gasteiger partial charge in [-0.3, -0.25) is 0 Å². The maximum absolute atomic E-state index is 13.0. The van der Waals surface area contributed by atoms with Gasteiger partial charge in [-0.15, -0.1) is 17.5 Å². The molecule has 0 unspecified atom stereocenters. The Kier molecular flexibility index (Phi) is 11.9. The molecule has 9 heteroatoms. The molecule has 0 fully saturated rings. The first-order chi connectivity index (χ1) is 18.9. The van der Waals surface area contributed by atoms with Gasteiger partial charge >= 0.3 is 0 Å². The summed E-state index contributed by atoms with van der Waals surface area (Å²) in [6, 6.07) is 12.7. The Labute approximate surface area is 259 Å². The first kappa shape index (κ1) is 34.2. The lowest BCUT2D eigenvalue weighted by molar-refractivity contribution is 0.626. The predicted molar refractivity (Wildman–Crippen MR) is 181 cm³/mol. The van der Waals surface area contributed by atoms with Crippen molar-refractivity contribution in [3.63, 3.8) is 0 Å². The molecule has 4 rings (SSSR count). The van der Waals surface area contributed by atoms with Gasteiger partial charge in [-0.2, -0.15) is 10.2 Å². The lowest BCUT2D eigenvalue weighted by Crippen LogP contribution is -2.16. The van der Waals surface area contributed by atoms with Crippen LogP contribution < -0.4 is 0 Å². The van der Waals surface area contributed by atoms with E-state index in [0.717, 1.165) is 43.3 Å². The third-order valence-electron chi connectivity index (χ3n) is 5.63. The van der Waals surface area contributed by atoms with Crippen LogP contribution in [0.3, 0.4) is 0 Å². The average Bonchev–Trinajstić information content (AvgIpc) is 3.32. The number of aryl methyl sites for hydroxylation is 2. The minimum atomic E-state index is -1.41. The lowest BCUT2D eigenvalue weighted by Gasteiger charge is -2.04. The van der Waals surface area contributed by atoms with Gasteiger partial charge in [-0.05, 0) is 98.8 Å². The van der Waals surface area contributed by atoms with Gasteiger partial charge in [0, 0.05) is 0 Å². The van der Waals surface area contributed by atoms with Crippen molar-refractivity contribution >= 4 is 38.7 Å². The van der Waals surface area contributed by atoms with Gasteiger partial charge in [-0.1, -0.05) is 45.2 Å². The van der Waals surface area contributed by atoms with Crippen LogP contribution >= 0.6 is 22.6 Å². The van der Waals surface area contributed by atoms with E-state index in [1.807, 2.05) is 37.1 Å². The molecule has 0 amide bonds. The molecule has 2 aromatic carbocycles. The molecule has 0 saturated carbocycles. The number of benzene rings is 2. The maximum Gasteiger partial charge on any atom is 0.129 e. The van der Waals surface area contributed by atoms with E-state index in [9.17, 15) is 8.78 Å². The summed E-state index contributed by atoms with van der Waals surface area (Å²) >= 11 is 2.27. The Morgan fingerprint density at radius 3 is 1.41 bits per heavy atom. The molecule has 0 spiro atoms. The molecule has 4 nitrogen and oxygen atoms in total. The summed E-state index contributed by atoms with van der Waals surface area (Å²) in [6.07, 6.45) is 5.12. The van der Waals surface area contributed by atoms with Crippen molar-refractivity contribution in [3.05, 3.63) is 92.1 Å². The number of terminal acetylenes is 1. The quantitative estimate of drug-likeness (QED) is 0.119. The first-order valence-electron chi connectivity index (χ1n) is 13.2. The molecule has 2 aromatic heterocycles. The summed E-state index contributed by atoms with van der Waals surface area (Å²) in [6.45, 7) is 21.0. The second kappa shape index (κ2) is 14.3. The van der Waals surface area contributed by atoms with Crippen LogP contribution in [0.1, 0.15) is 28.3 Å². The summed E-state index contributed by atoms with van der Waals surface area (Å²) in [5.74, 6) is 2.81. The summed E-state index contributed by atoms with van der Waals surface area (Å²) in [5, 5.41) is 8.91. The standard InChI is InChI=1S/C16H19FN2Si.C11H10FIN2.C5H10Si/c1-12-16(10-11-20(3,4)5)13(2)19(18-12)15-8-6-14(17)7-9-15;1-7-11(13)8(2)15(14-7)10-5-3-9(12)4-6-10;1-5-6(2,3)4/h6-9H,1-5H3;3-6H,1-2H3;1H,2-4H3. The Balaban J connectivity index is 0.000000246. The van der Waals surface area contributed by atoms with E-state index >= 15 is 0 Å². The van der Waals surface area contributed by atoms with E-state index in [0.29, 0.717) is 0 Å². The van der Waals surface area contributed by atoms with Gasteiger partial charge in [-0.25, -0.2) is 18.1 Å². The Morgan fingerprint density at radius 1 is 0.683 bits per heavy atom. The van der Waals surface area contributed by atoms with Crippen molar-refractivity contribution < 1.29 is 8.78 Å². The number of halogens is 3. The number of rotatable bonds is 2. The molecule has 216 valence electrons. The highest BCUT2D eigenvalue weighted by molar-refractivity contribution is 14.1. The van der Waals surface area contributed by atoms with Crippen molar-refractivity contribution in [2.45, 2.75) is 67.0 Å². The normalized spacial score (nSPS) is 10.8. The van der Waals surface area contributed by atoms with Crippen molar-refractivity contribution in [1.82, 2.24) is 19.6 Å². The molecular formula is C32H39F2IN4Si2. The highest BCUT2D eigenvalue weighted by atomic mass is 127. The summed E-state index contributed by atoms with van der Waals surface area (Å²) in [5.41, 5.74) is 12.8. The monoisotopic (exact) mass is 700 g/mol. The van der Waals surface area contributed by atoms with E-state index in [1.54, 1.807) is 24.3 Å². The molecule has 41 heavy (non-hydrogen) atoms. The molecule has 0 saturated heterocycles. The second-order valence-corrected chi connectivity index (χ2v) is 22.3. The lowest BCUT2D eigenvalue weighted by atomic mass is 10.2. The molecule has 0 atom stereocenters. The average molecular weight is 701 g/mol. The molecule has 0 N–H and O–H groups in total. The SMILES string of the molecule is C#C[Si](C)(C)C.Cc1nn(-c2ccc(F)cc2)c(C)c1C#C[Si](C)(C)C.Cc1nn(-c2ccc(F)cc2)c(C)c1I. The molecule has 0 radical (unpaired) electrons. The molecule has 2 heterocycles. The third-order valence-corrected chi connectivity index (χ3v) is 8.93. The molecule has 4 aromatic rings. The van der Waals surface area contributed by atoms with Crippen LogP contribution in [-0.2, 0) is 0 Å². The fraction of sp³-hybridized carbons (Fsp3) is 0.312. The number of hydrogen-bond donors (Lipinski definition) is 0. The largest absolute Gasteiger partial charge is 0.237 e. The van der Waals surface area contributed by atoms with E-state index in [-0.39, 0.29) is 11.6 Å². The number of nitrogens with zero attached hydrogens (tertiary/aromatic N) is 4. The highest BCUT2D eigenvalue weighted by Crippen LogP contribution is 2.20. The zero-order chi connectivity index (χ0) is 31.1. The van der Waals surface area contributed by atoms with E-state index < -0.39 is 16.1 Å². The zero-order valence-electron chi connectivity index (χ0n) is 25.6. The highest BCUT2D eigenvalue weighted by Gasteiger charge is 2.13. The van der Waals surface area contributed by atoms with Gasteiger partial charge in [0.1, 0.15) is 27.8 Å². The summed E-state index contributed by atoms with van der Waals surface area (Å²) in [4.78, 5) is 0.